The molecule has 0 unspecified atom stereocenters. The fourth-order valence-corrected chi connectivity index (χ4v) is 3.47. The Morgan fingerprint density at radius 1 is 1.07 bits per heavy atom. The first kappa shape index (κ1) is 19.4. The number of hydrogen-bond acceptors (Lipinski definition) is 4. The molecule has 5 nitrogen and oxygen atoms in total. The molecule has 0 saturated carbocycles. The number of para-hydroxylation sites is 2. The van der Waals surface area contributed by atoms with Gasteiger partial charge in [0.1, 0.15) is 0 Å². The fraction of sp³-hybridized carbons (Fsp3) is 0.381. The molecule has 144 valence electrons. The third-order valence-electron chi connectivity index (χ3n) is 4.82. The Morgan fingerprint density at radius 2 is 1.74 bits per heavy atom. The Hall–Kier alpha value is -2.40. The van der Waals surface area contributed by atoms with Gasteiger partial charge in [-0.05, 0) is 43.7 Å². The number of amides is 1. The fourth-order valence-electron chi connectivity index (χ4n) is 3.31. The number of nitrogens with zero attached hydrogens (tertiary/aromatic N) is 2. The molecular weight excluding hydrogens is 364 g/mol. The molecule has 6 heteroatoms. The molecule has 0 radical (unpaired) electrons. The zero-order valence-electron chi connectivity index (χ0n) is 15.9. The van der Waals surface area contributed by atoms with Gasteiger partial charge in [0, 0.05) is 36.9 Å². The van der Waals surface area contributed by atoms with Gasteiger partial charge in [-0.25, -0.2) is 0 Å². The first-order chi connectivity index (χ1) is 13.0. The second-order valence-corrected chi connectivity index (χ2v) is 7.09. The van der Waals surface area contributed by atoms with Gasteiger partial charge >= 0.3 is 0 Å². The van der Waals surface area contributed by atoms with Crippen LogP contribution in [0.25, 0.3) is 0 Å². The summed E-state index contributed by atoms with van der Waals surface area (Å²) >= 11 is 6.14. The van der Waals surface area contributed by atoms with E-state index in [0.29, 0.717) is 24.6 Å². The Bertz CT molecular complexity index is 804. The topological polar surface area (TPSA) is 42.0 Å². The predicted octanol–water partition coefficient (Wildman–Crippen LogP) is 3.77. The molecule has 2 aromatic rings. The Morgan fingerprint density at radius 3 is 2.41 bits per heavy atom. The third-order valence-corrected chi connectivity index (χ3v) is 5.06. The van der Waals surface area contributed by atoms with Gasteiger partial charge in [-0.3, -0.25) is 4.79 Å². The number of aryl methyl sites for hydroxylation is 1. The van der Waals surface area contributed by atoms with Crippen molar-refractivity contribution in [2.75, 3.05) is 38.2 Å². The molecule has 1 heterocycles. The van der Waals surface area contributed by atoms with E-state index in [0.717, 1.165) is 23.8 Å². The van der Waals surface area contributed by atoms with Gasteiger partial charge in [0.05, 0.1) is 7.11 Å². The van der Waals surface area contributed by atoms with Crippen LogP contribution in [0.3, 0.4) is 0 Å². The van der Waals surface area contributed by atoms with Crippen LogP contribution in [-0.4, -0.2) is 50.2 Å². The Kier molecular flexibility index (Phi) is 6.11. The van der Waals surface area contributed by atoms with Crippen molar-refractivity contribution < 1.29 is 14.3 Å². The molecule has 0 bridgehead atoms. The predicted molar refractivity (Wildman–Crippen MR) is 108 cm³/mol. The van der Waals surface area contributed by atoms with Crippen LogP contribution in [0.5, 0.6) is 11.5 Å². The van der Waals surface area contributed by atoms with E-state index in [1.807, 2.05) is 47.4 Å². The van der Waals surface area contributed by atoms with Gasteiger partial charge in [-0.2, -0.15) is 0 Å². The SMILES string of the molecule is COc1ccccc1O[C@@H](C)C(=O)N1CCN(c2cc(Cl)ccc2C)CC1. The average Bonchev–Trinajstić information content (AvgIpc) is 2.69. The van der Waals surface area contributed by atoms with Gasteiger partial charge in [0.25, 0.3) is 5.91 Å². The monoisotopic (exact) mass is 388 g/mol. The molecule has 0 aromatic heterocycles. The molecule has 2 aromatic carbocycles. The maximum absolute atomic E-state index is 12.8. The highest BCUT2D eigenvalue weighted by molar-refractivity contribution is 6.30. The number of anilines is 1. The van der Waals surface area contributed by atoms with Crippen LogP contribution in [0.1, 0.15) is 12.5 Å². The van der Waals surface area contributed by atoms with Crippen LogP contribution in [-0.2, 0) is 4.79 Å². The molecule has 1 saturated heterocycles. The van der Waals surface area contributed by atoms with E-state index in [4.69, 9.17) is 21.1 Å². The van der Waals surface area contributed by atoms with Gasteiger partial charge in [-0.15, -0.1) is 0 Å². The number of benzene rings is 2. The highest BCUT2D eigenvalue weighted by Gasteiger charge is 2.27. The van der Waals surface area contributed by atoms with Crippen molar-refractivity contribution in [2.24, 2.45) is 0 Å². The van der Waals surface area contributed by atoms with E-state index in [-0.39, 0.29) is 5.91 Å². The normalized spacial score (nSPS) is 15.4. The van der Waals surface area contributed by atoms with Crippen molar-refractivity contribution in [1.29, 1.82) is 0 Å². The molecule has 3 rings (SSSR count). The van der Waals surface area contributed by atoms with E-state index >= 15 is 0 Å². The van der Waals surface area contributed by atoms with Gasteiger partial charge in [0.15, 0.2) is 17.6 Å². The number of methoxy groups -OCH3 is 1. The molecule has 1 amide bonds. The van der Waals surface area contributed by atoms with Gasteiger partial charge < -0.3 is 19.3 Å². The third kappa shape index (κ3) is 4.48. The molecule has 1 aliphatic heterocycles. The number of piperazine rings is 1. The number of carbonyl (C=O) groups excluding carboxylic acids is 1. The lowest BCUT2D eigenvalue weighted by atomic mass is 10.1. The summed E-state index contributed by atoms with van der Waals surface area (Å²) in [6.45, 7) is 6.71. The van der Waals surface area contributed by atoms with Crippen LogP contribution in [0.15, 0.2) is 42.5 Å². The smallest absolute Gasteiger partial charge is 0.263 e. The summed E-state index contributed by atoms with van der Waals surface area (Å²) in [5.41, 5.74) is 2.32. The minimum absolute atomic E-state index is 0.0108. The summed E-state index contributed by atoms with van der Waals surface area (Å²) in [4.78, 5) is 16.9. The summed E-state index contributed by atoms with van der Waals surface area (Å²) in [7, 11) is 1.59. The van der Waals surface area contributed by atoms with E-state index in [1.165, 1.54) is 5.56 Å². The van der Waals surface area contributed by atoms with Gasteiger partial charge in [-0.1, -0.05) is 29.8 Å². The van der Waals surface area contributed by atoms with Crippen molar-refractivity contribution >= 4 is 23.2 Å². The zero-order valence-corrected chi connectivity index (χ0v) is 16.7. The van der Waals surface area contributed by atoms with Crippen molar-refractivity contribution in [3.63, 3.8) is 0 Å². The van der Waals surface area contributed by atoms with Crippen molar-refractivity contribution in [3.05, 3.63) is 53.1 Å². The van der Waals surface area contributed by atoms with E-state index in [1.54, 1.807) is 14.0 Å². The van der Waals surface area contributed by atoms with Crippen molar-refractivity contribution in [1.82, 2.24) is 4.90 Å². The number of carbonyl (C=O) groups is 1. The van der Waals surface area contributed by atoms with Gasteiger partial charge in [0.2, 0.25) is 0 Å². The van der Waals surface area contributed by atoms with Crippen molar-refractivity contribution in [3.8, 4) is 11.5 Å². The van der Waals surface area contributed by atoms with Crippen LogP contribution in [0, 0.1) is 6.92 Å². The number of halogens is 1. The summed E-state index contributed by atoms with van der Waals surface area (Å²) in [6.07, 6.45) is -0.569. The maximum atomic E-state index is 12.8. The van der Waals surface area contributed by atoms with Crippen LogP contribution in [0.2, 0.25) is 5.02 Å². The highest BCUT2D eigenvalue weighted by Crippen LogP contribution is 2.28. The standard InChI is InChI=1S/C21H25ClN2O3/c1-15-8-9-17(22)14-18(15)23-10-12-24(13-11-23)21(25)16(2)27-20-7-5-4-6-19(20)26-3/h4-9,14,16H,10-13H2,1-3H3/t16-/m0/s1. The second-order valence-electron chi connectivity index (χ2n) is 6.65. The molecule has 27 heavy (non-hydrogen) atoms. The Balaban J connectivity index is 1.60. The molecule has 0 N–H and O–H groups in total. The minimum Gasteiger partial charge on any atom is -0.493 e. The number of ether oxygens (including phenoxy) is 2. The quantitative estimate of drug-likeness (QED) is 0.781. The first-order valence-electron chi connectivity index (χ1n) is 9.09. The lowest BCUT2D eigenvalue weighted by molar-refractivity contribution is -0.138. The van der Waals surface area contributed by atoms with E-state index in [9.17, 15) is 4.79 Å². The Labute approximate surface area is 165 Å². The summed E-state index contributed by atoms with van der Waals surface area (Å²) in [5, 5.41) is 0.730. The summed E-state index contributed by atoms with van der Waals surface area (Å²) in [5.74, 6) is 1.19. The zero-order chi connectivity index (χ0) is 19.4. The molecule has 1 fully saturated rings. The highest BCUT2D eigenvalue weighted by atomic mass is 35.5. The maximum Gasteiger partial charge on any atom is 0.263 e. The first-order valence-corrected chi connectivity index (χ1v) is 9.47. The summed E-state index contributed by atoms with van der Waals surface area (Å²) < 4.78 is 11.1. The molecule has 0 spiro atoms. The lowest BCUT2D eigenvalue weighted by Crippen LogP contribution is -2.52. The van der Waals surface area contributed by atoms with Crippen LogP contribution >= 0.6 is 11.6 Å². The van der Waals surface area contributed by atoms with Crippen molar-refractivity contribution in [2.45, 2.75) is 20.0 Å². The molecular formula is C21H25ClN2O3. The molecule has 1 atom stereocenters. The number of hydrogen-bond donors (Lipinski definition) is 0. The summed E-state index contributed by atoms with van der Waals surface area (Å²) in [6, 6.07) is 13.3. The van der Waals surface area contributed by atoms with Crippen LogP contribution < -0.4 is 14.4 Å². The van der Waals surface area contributed by atoms with Crippen LogP contribution in [0.4, 0.5) is 5.69 Å². The largest absolute Gasteiger partial charge is 0.493 e. The number of rotatable bonds is 5. The average molecular weight is 389 g/mol. The van der Waals surface area contributed by atoms with E-state index < -0.39 is 6.10 Å². The lowest BCUT2D eigenvalue weighted by Gasteiger charge is -2.37. The second kappa shape index (κ2) is 8.53. The molecule has 0 aliphatic carbocycles. The van der Waals surface area contributed by atoms with E-state index in [2.05, 4.69) is 11.8 Å². The molecule has 1 aliphatic rings. The minimum atomic E-state index is -0.569.